The molecule has 1 unspecified atom stereocenters. The van der Waals surface area contributed by atoms with Crippen LogP contribution < -0.4 is 0 Å². The number of hydrogen-bond donors (Lipinski definition) is 0. The number of carbonyl (C=O) groups is 1. The van der Waals surface area contributed by atoms with E-state index in [0.717, 1.165) is 28.5 Å². The van der Waals surface area contributed by atoms with E-state index in [1.807, 2.05) is 66.4 Å². The minimum atomic E-state index is -0.0408. The van der Waals surface area contributed by atoms with Crippen LogP contribution in [0.15, 0.2) is 54.6 Å². The van der Waals surface area contributed by atoms with Gasteiger partial charge in [-0.3, -0.25) is 4.79 Å². The van der Waals surface area contributed by atoms with Gasteiger partial charge in [0.05, 0.1) is 5.69 Å². The van der Waals surface area contributed by atoms with Crippen LogP contribution in [0, 0.1) is 0 Å². The highest BCUT2D eigenvalue weighted by Crippen LogP contribution is 2.32. The number of pyridine rings is 1. The van der Waals surface area contributed by atoms with E-state index in [1.54, 1.807) is 0 Å². The molecule has 3 rings (SSSR count). The molecule has 1 amide bonds. The van der Waals surface area contributed by atoms with Crippen molar-refractivity contribution in [2.45, 2.75) is 33.2 Å². The summed E-state index contributed by atoms with van der Waals surface area (Å²) in [6.07, 6.45) is 0.907. The Kier molecular flexibility index (Phi) is 5.58. The van der Waals surface area contributed by atoms with Crippen LogP contribution in [0.1, 0.15) is 37.7 Å². The quantitative estimate of drug-likeness (QED) is 0.570. The molecule has 2 aromatic carbocycles. The Morgan fingerprint density at radius 2 is 1.81 bits per heavy atom. The summed E-state index contributed by atoms with van der Waals surface area (Å²) in [5, 5.41) is 2.61. The Hall–Kier alpha value is -2.39. The van der Waals surface area contributed by atoms with E-state index in [1.165, 1.54) is 0 Å². The predicted molar refractivity (Wildman–Crippen MR) is 109 cm³/mol. The molecule has 4 heteroatoms. The Morgan fingerprint density at radius 1 is 1.12 bits per heavy atom. The summed E-state index contributed by atoms with van der Waals surface area (Å²) in [6, 6.07) is 17.6. The largest absolute Gasteiger partial charge is 0.335 e. The van der Waals surface area contributed by atoms with Gasteiger partial charge in [-0.2, -0.15) is 0 Å². The molecule has 0 bridgehead atoms. The number of nitrogens with zero attached hydrogens (tertiary/aromatic N) is 2. The SMILES string of the molecule is CCC(C)N(CC)C(=O)c1cc2ccccc2c(-c2ccccc2Cl)n1. The molecular weight excluding hydrogens is 344 g/mol. The fourth-order valence-electron chi connectivity index (χ4n) is 3.19. The van der Waals surface area contributed by atoms with Crippen molar-refractivity contribution in [2.24, 2.45) is 0 Å². The number of amides is 1. The molecule has 1 atom stereocenters. The number of benzene rings is 2. The molecule has 1 aromatic heterocycles. The second-order valence-corrected chi connectivity index (χ2v) is 6.81. The first-order chi connectivity index (χ1) is 12.6. The molecule has 0 aliphatic carbocycles. The number of carbonyl (C=O) groups excluding carboxylic acids is 1. The number of hydrogen-bond acceptors (Lipinski definition) is 2. The van der Waals surface area contributed by atoms with Gasteiger partial charge < -0.3 is 4.90 Å². The summed E-state index contributed by atoms with van der Waals surface area (Å²) in [4.78, 5) is 19.7. The molecule has 1 heterocycles. The van der Waals surface area contributed by atoms with Gasteiger partial charge in [-0.15, -0.1) is 0 Å². The Morgan fingerprint density at radius 3 is 2.50 bits per heavy atom. The standard InChI is InChI=1S/C22H23ClN2O/c1-4-15(3)25(5-2)22(26)20-14-16-10-6-7-11-17(16)21(24-20)18-12-8-9-13-19(18)23/h6-15H,4-5H2,1-3H3. The summed E-state index contributed by atoms with van der Waals surface area (Å²) < 4.78 is 0. The fourth-order valence-corrected chi connectivity index (χ4v) is 3.42. The maximum atomic E-state index is 13.1. The van der Waals surface area contributed by atoms with Gasteiger partial charge >= 0.3 is 0 Å². The Bertz CT molecular complexity index is 938. The molecule has 3 aromatic rings. The first-order valence-electron chi connectivity index (χ1n) is 9.02. The van der Waals surface area contributed by atoms with Crippen molar-refractivity contribution in [1.29, 1.82) is 0 Å². The third kappa shape index (κ3) is 3.45. The number of rotatable bonds is 5. The molecular formula is C22H23ClN2O. The van der Waals surface area contributed by atoms with Crippen LogP contribution in [0.25, 0.3) is 22.0 Å². The first-order valence-corrected chi connectivity index (χ1v) is 9.40. The summed E-state index contributed by atoms with van der Waals surface area (Å²) in [5.74, 6) is -0.0408. The maximum Gasteiger partial charge on any atom is 0.272 e. The smallest absolute Gasteiger partial charge is 0.272 e. The van der Waals surface area contributed by atoms with Gasteiger partial charge in [0.15, 0.2) is 0 Å². The fraction of sp³-hybridized carbons (Fsp3) is 0.273. The lowest BCUT2D eigenvalue weighted by atomic mass is 10.0. The normalized spacial score (nSPS) is 12.2. The van der Waals surface area contributed by atoms with E-state index in [0.29, 0.717) is 17.3 Å². The van der Waals surface area contributed by atoms with Gasteiger partial charge in [-0.25, -0.2) is 4.98 Å². The van der Waals surface area contributed by atoms with Crippen LogP contribution in [0.4, 0.5) is 0 Å². The van der Waals surface area contributed by atoms with Gasteiger partial charge in [0, 0.05) is 28.6 Å². The molecule has 26 heavy (non-hydrogen) atoms. The second-order valence-electron chi connectivity index (χ2n) is 6.41. The van der Waals surface area contributed by atoms with E-state index in [2.05, 4.69) is 13.8 Å². The lowest BCUT2D eigenvalue weighted by Crippen LogP contribution is -2.38. The minimum absolute atomic E-state index is 0.0408. The molecule has 134 valence electrons. The van der Waals surface area contributed by atoms with Gasteiger partial charge in [0.25, 0.3) is 5.91 Å². The highest BCUT2D eigenvalue weighted by Gasteiger charge is 2.22. The van der Waals surface area contributed by atoms with E-state index in [4.69, 9.17) is 16.6 Å². The van der Waals surface area contributed by atoms with Gasteiger partial charge in [-0.1, -0.05) is 61.0 Å². The average Bonchev–Trinajstić information content (AvgIpc) is 2.67. The average molecular weight is 367 g/mol. The second kappa shape index (κ2) is 7.88. The molecule has 0 aliphatic heterocycles. The Balaban J connectivity index is 2.20. The van der Waals surface area contributed by atoms with Gasteiger partial charge in [-0.05, 0) is 37.8 Å². The monoisotopic (exact) mass is 366 g/mol. The van der Waals surface area contributed by atoms with E-state index in [9.17, 15) is 4.79 Å². The lowest BCUT2D eigenvalue weighted by molar-refractivity contribution is 0.0694. The van der Waals surface area contributed by atoms with Crippen molar-refractivity contribution in [3.8, 4) is 11.3 Å². The molecule has 0 N–H and O–H groups in total. The molecule has 0 saturated carbocycles. The third-order valence-corrected chi connectivity index (χ3v) is 5.14. The van der Waals surface area contributed by atoms with Crippen molar-refractivity contribution in [3.05, 3.63) is 65.3 Å². The first kappa shape index (κ1) is 18.4. The molecule has 3 nitrogen and oxygen atoms in total. The molecule has 0 aliphatic rings. The van der Waals surface area contributed by atoms with Crippen LogP contribution in [0.3, 0.4) is 0 Å². The van der Waals surface area contributed by atoms with E-state index >= 15 is 0 Å². The molecule has 0 spiro atoms. The zero-order chi connectivity index (χ0) is 18.7. The molecule has 0 radical (unpaired) electrons. The van der Waals surface area contributed by atoms with Crippen LogP contribution in [0.2, 0.25) is 5.02 Å². The van der Waals surface area contributed by atoms with E-state index in [-0.39, 0.29) is 11.9 Å². The highest BCUT2D eigenvalue weighted by atomic mass is 35.5. The van der Waals surface area contributed by atoms with Crippen molar-refractivity contribution in [1.82, 2.24) is 9.88 Å². The lowest BCUT2D eigenvalue weighted by Gasteiger charge is -2.27. The van der Waals surface area contributed by atoms with Crippen molar-refractivity contribution >= 4 is 28.3 Å². The molecule has 0 saturated heterocycles. The number of halogens is 1. The van der Waals surface area contributed by atoms with Crippen LogP contribution in [-0.4, -0.2) is 28.4 Å². The van der Waals surface area contributed by atoms with Crippen LogP contribution in [-0.2, 0) is 0 Å². The third-order valence-electron chi connectivity index (χ3n) is 4.81. The van der Waals surface area contributed by atoms with Gasteiger partial charge in [0.2, 0.25) is 0 Å². The highest BCUT2D eigenvalue weighted by molar-refractivity contribution is 6.33. The van der Waals surface area contributed by atoms with Crippen molar-refractivity contribution in [3.63, 3.8) is 0 Å². The summed E-state index contributed by atoms with van der Waals surface area (Å²) >= 11 is 6.42. The zero-order valence-corrected chi connectivity index (χ0v) is 16.1. The predicted octanol–water partition coefficient (Wildman–Crippen LogP) is 5.82. The number of fused-ring (bicyclic) bond motifs is 1. The van der Waals surface area contributed by atoms with Gasteiger partial charge in [0.1, 0.15) is 5.69 Å². The van der Waals surface area contributed by atoms with Crippen LogP contribution in [0.5, 0.6) is 0 Å². The topological polar surface area (TPSA) is 33.2 Å². The van der Waals surface area contributed by atoms with Crippen LogP contribution >= 0.6 is 11.6 Å². The minimum Gasteiger partial charge on any atom is -0.335 e. The zero-order valence-electron chi connectivity index (χ0n) is 15.4. The Labute approximate surface area is 159 Å². The van der Waals surface area contributed by atoms with Crippen molar-refractivity contribution < 1.29 is 4.79 Å². The van der Waals surface area contributed by atoms with E-state index < -0.39 is 0 Å². The summed E-state index contributed by atoms with van der Waals surface area (Å²) in [6.45, 7) is 6.81. The number of aromatic nitrogens is 1. The molecule has 0 fully saturated rings. The van der Waals surface area contributed by atoms with Crippen molar-refractivity contribution in [2.75, 3.05) is 6.54 Å². The summed E-state index contributed by atoms with van der Waals surface area (Å²) in [5.41, 5.74) is 2.05. The summed E-state index contributed by atoms with van der Waals surface area (Å²) in [7, 11) is 0. The maximum absolute atomic E-state index is 13.1.